The van der Waals surface area contributed by atoms with Gasteiger partial charge < -0.3 is 10.6 Å². The van der Waals surface area contributed by atoms with Gasteiger partial charge in [0.15, 0.2) is 0 Å². The van der Waals surface area contributed by atoms with Crippen LogP contribution in [0.25, 0.3) is 0 Å². The van der Waals surface area contributed by atoms with Crippen LogP contribution in [-0.4, -0.2) is 25.0 Å². The van der Waals surface area contributed by atoms with E-state index in [1.54, 1.807) is 0 Å². The summed E-state index contributed by atoms with van der Waals surface area (Å²) in [5, 5.41) is 6.40. The highest BCUT2D eigenvalue weighted by atomic mass is 16.1. The molecule has 3 nitrogen and oxygen atoms in total. The Morgan fingerprint density at radius 2 is 1.72 bits per heavy atom. The number of nitrogens with one attached hydrogen (secondary N) is 2. The van der Waals surface area contributed by atoms with Crippen molar-refractivity contribution in [2.45, 2.75) is 66.3 Å². The molecule has 0 atom stereocenters. The van der Waals surface area contributed by atoms with Crippen molar-refractivity contribution in [3.05, 3.63) is 0 Å². The fraction of sp³-hybridized carbons (Fsp3) is 0.933. The van der Waals surface area contributed by atoms with E-state index in [1.807, 2.05) is 6.92 Å². The smallest absolute Gasteiger partial charge is 0.221 e. The number of hydrogen-bond donors (Lipinski definition) is 2. The minimum absolute atomic E-state index is 0.152. The van der Waals surface area contributed by atoms with Crippen LogP contribution in [0.2, 0.25) is 0 Å². The molecule has 3 heteroatoms. The fourth-order valence-corrected chi connectivity index (χ4v) is 3.67. The van der Waals surface area contributed by atoms with Crippen molar-refractivity contribution >= 4 is 5.91 Å². The van der Waals surface area contributed by atoms with Crippen LogP contribution in [0.5, 0.6) is 0 Å². The van der Waals surface area contributed by atoms with Crippen molar-refractivity contribution < 1.29 is 4.79 Å². The van der Waals surface area contributed by atoms with Gasteiger partial charge in [-0.05, 0) is 37.0 Å². The molecule has 0 aromatic heterocycles. The second-order valence-electron chi connectivity index (χ2n) is 7.27. The summed E-state index contributed by atoms with van der Waals surface area (Å²) in [4.78, 5) is 11.4. The first-order valence-electron chi connectivity index (χ1n) is 7.24. The van der Waals surface area contributed by atoms with Gasteiger partial charge >= 0.3 is 0 Å². The third-order valence-corrected chi connectivity index (χ3v) is 3.71. The Morgan fingerprint density at radius 3 is 2.22 bits per heavy atom. The molecular formula is C15H30N2O. The zero-order chi connectivity index (χ0) is 13.8. The first-order valence-corrected chi connectivity index (χ1v) is 7.24. The summed E-state index contributed by atoms with van der Waals surface area (Å²) in [6.07, 6.45) is 4.30. The lowest BCUT2D eigenvalue weighted by Crippen LogP contribution is -2.44. The first kappa shape index (κ1) is 15.5. The van der Waals surface area contributed by atoms with Crippen LogP contribution < -0.4 is 10.6 Å². The largest absolute Gasteiger partial charge is 0.356 e. The minimum atomic E-state index is 0.152. The Kier molecular flexibility index (Phi) is 5.20. The molecule has 18 heavy (non-hydrogen) atoms. The van der Waals surface area contributed by atoms with E-state index < -0.39 is 0 Å². The fourth-order valence-electron chi connectivity index (χ4n) is 3.67. The van der Waals surface area contributed by atoms with Crippen molar-refractivity contribution in [1.29, 1.82) is 0 Å². The Labute approximate surface area is 112 Å². The molecule has 106 valence electrons. The Balaban J connectivity index is 2.36. The summed E-state index contributed by atoms with van der Waals surface area (Å²) in [5.74, 6) is 0.152. The molecule has 0 heterocycles. The molecule has 1 saturated carbocycles. The van der Waals surface area contributed by atoms with Crippen LogP contribution in [0.1, 0.15) is 60.3 Å². The van der Waals surface area contributed by atoms with Gasteiger partial charge in [-0.15, -0.1) is 0 Å². The topological polar surface area (TPSA) is 41.1 Å². The second kappa shape index (κ2) is 6.05. The summed E-state index contributed by atoms with van der Waals surface area (Å²) in [6, 6.07) is 0.554. The third-order valence-electron chi connectivity index (χ3n) is 3.71. The number of carbonyl (C=O) groups is 1. The maximum Gasteiger partial charge on any atom is 0.221 e. The van der Waals surface area contributed by atoms with Crippen molar-refractivity contribution in [1.82, 2.24) is 10.6 Å². The zero-order valence-electron chi connectivity index (χ0n) is 12.7. The van der Waals surface area contributed by atoms with E-state index in [-0.39, 0.29) is 5.91 Å². The molecule has 0 unspecified atom stereocenters. The summed E-state index contributed by atoms with van der Waals surface area (Å²) in [5.41, 5.74) is 0.816. The summed E-state index contributed by atoms with van der Waals surface area (Å²) >= 11 is 0. The van der Waals surface area contributed by atoms with Gasteiger partial charge in [-0.3, -0.25) is 4.79 Å². The van der Waals surface area contributed by atoms with E-state index in [4.69, 9.17) is 0 Å². The molecule has 0 aromatic carbocycles. The summed E-state index contributed by atoms with van der Waals surface area (Å²) < 4.78 is 0. The third kappa shape index (κ3) is 5.38. The van der Waals surface area contributed by atoms with Gasteiger partial charge in [0.05, 0.1) is 0 Å². The molecule has 2 N–H and O–H groups in total. The maximum absolute atomic E-state index is 11.4. The van der Waals surface area contributed by atoms with Crippen LogP contribution in [0, 0.1) is 10.8 Å². The monoisotopic (exact) mass is 254 g/mol. The molecule has 0 bridgehead atoms. The van der Waals surface area contributed by atoms with E-state index in [0.29, 0.717) is 23.3 Å². The van der Waals surface area contributed by atoms with E-state index in [9.17, 15) is 4.79 Å². The molecule has 0 spiro atoms. The predicted octanol–water partition coefficient (Wildman–Crippen LogP) is 2.71. The Morgan fingerprint density at radius 1 is 1.17 bits per heavy atom. The van der Waals surface area contributed by atoms with Crippen LogP contribution in [0.3, 0.4) is 0 Å². The second-order valence-corrected chi connectivity index (χ2v) is 7.27. The van der Waals surface area contributed by atoms with Crippen LogP contribution in [-0.2, 0) is 4.79 Å². The quantitative estimate of drug-likeness (QED) is 0.792. The van der Waals surface area contributed by atoms with Gasteiger partial charge in [-0.2, -0.15) is 0 Å². The molecule has 0 aromatic rings. The van der Waals surface area contributed by atoms with Gasteiger partial charge in [0.2, 0.25) is 5.91 Å². The number of amides is 1. The lowest BCUT2D eigenvalue weighted by Gasteiger charge is -2.45. The van der Waals surface area contributed by atoms with Gasteiger partial charge in [0.25, 0.3) is 0 Å². The average molecular weight is 254 g/mol. The van der Waals surface area contributed by atoms with Gasteiger partial charge in [-0.25, -0.2) is 0 Å². The van der Waals surface area contributed by atoms with Crippen LogP contribution in [0.15, 0.2) is 0 Å². The zero-order valence-corrected chi connectivity index (χ0v) is 12.7. The van der Waals surface area contributed by atoms with Crippen molar-refractivity contribution in [3.8, 4) is 0 Å². The van der Waals surface area contributed by atoms with E-state index in [1.165, 1.54) is 19.3 Å². The highest BCUT2D eigenvalue weighted by Gasteiger charge is 2.37. The highest BCUT2D eigenvalue weighted by Crippen LogP contribution is 2.45. The summed E-state index contributed by atoms with van der Waals surface area (Å²) in [6.45, 7) is 12.9. The van der Waals surface area contributed by atoms with Crippen molar-refractivity contribution in [2.24, 2.45) is 10.8 Å². The molecule has 0 saturated heterocycles. The lowest BCUT2D eigenvalue weighted by atomic mass is 9.63. The van der Waals surface area contributed by atoms with E-state index >= 15 is 0 Å². The molecule has 1 amide bonds. The Bertz CT molecular complexity index is 268. The maximum atomic E-state index is 11.4. The Hall–Kier alpha value is -0.570. The molecule has 1 aliphatic rings. The highest BCUT2D eigenvalue weighted by molar-refractivity contribution is 5.75. The lowest BCUT2D eigenvalue weighted by molar-refractivity contribution is -0.120. The SMILES string of the molecule is CCNC(=O)CCNC1CC(C)(C)CC(C)(C)C1. The van der Waals surface area contributed by atoms with Crippen molar-refractivity contribution in [3.63, 3.8) is 0 Å². The molecule has 1 aliphatic carbocycles. The van der Waals surface area contributed by atoms with Gasteiger partial charge in [0, 0.05) is 25.6 Å². The predicted molar refractivity (Wildman–Crippen MR) is 76.5 cm³/mol. The van der Waals surface area contributed by atoms with E-state index in [2.05, 4.69) is 38.3 Å². The minimum Gasteiger partial charge on any atom is -0.356 e. The van der Waals surface area contributed by atoms with Crippen molar-refractivity contribution in [2.75, 3.05) is 13.1 Å². The molecule has 0 aliphatic heterocycles. The molecule has 0 radical (unpaired) electrons. The van der Waals surface area contributed by atoms with Gasteiger partial charge in [0.1, 0.15) is 0 Å². The number of rotatable bonds is 5. The average Bonchev–Trinajstić information content (AvgIpc) is 2.12. The summed E-state index contributed by atoms with van der Waals surface area (Å²) in [7, 11) is 0. The van der Waals surface area contributed by atoms with Crippen LogP contribution in [0.4, 0.5) is 0 Å². The standard InChI is InChI=1S/C15H30N2O/c1-6-16-13(18)7-8-17-12-9-14(2,3)11-15(4,5)10-12/h12,17H,6-11H2,1-5H3,(H,16,18). The first-order chi connectivity index (χ1) is 8.24. The normalized spacial score (nSPS) is 22.7. The van der Waals surface area contributed by atoms with Crippen LogP contribution >= 0.6 is 0 Å². The molecule has 1 rings (SSSR count). The number of carbonyl (C=O) groups excluding carboxylic acids is 1. The van der Waals surface area contributed by atoms with E-state index in [0.717, 1.165) is 13.1 Å². The van der Waals surface area contributed by atoms with Gasteiger partial charge in [-0.1, -0.05) is 27.7 Å². The molecular weight excluding hydrogens is 224 g/mol. The number of hydrogen-bond acceptors (Lipinski definition) is 2. The molecule has 1 fully saturated rings.